The van der Waals surface area contributed by atoms with Crippen LogP contribution in [0.15, 0.2) is 54.9 Å². The zero-order chi connectivity index (χ0) is 14.4. The van der Waals surface area contributed by atoms with Gasteiger partial charge in [-0.2, -0.15) is 0 Å². The molecule has 0 bridgehead atoms. The van der Waals surface area contributed by atoms with Crippen molar-refractivity contribution in [3.05, 3.63) is 66.0 Å². The SMILES string of the molecule is CC(N)(C(=O)NCCc1cccnc1)c1ccccc1.Cl.Cl. The summed E-state index contributed by atoms with van der Waals surface area (Å²) < 4.78 is 0. The highest BCUT2D eigenvalue weighted by Crippen LogP contribution is 2.17. The van der Waals surface area contributed by atoms with Crippen LogP contribution in [0.25, 0.3) is 0 Å². The molecule has 2 rings (SSSR count). The molecule has 1 aromatic heterocycles. The van der Waals surface area contributed by atoms with Gasteiger partial charge in [0, 0.05) is 18.9 Å². The minimum atomic E-state index is -1.02. The standard InChI is InChI=1S/C16H19N3O.2ClH/c1-16(17,14-7-3-2-4-8-14)15(20)19-11-9-13-6-5-10-18-12-13;;/h2-8,10,12H,9,11,17H2,1H3,(H,19,20);2*1H. The Morgan fingerprint density at radius 1 is 1.18 bits per heavy atom. The second-order valence-corrected chi connectivity index (χ2v) is 4.94. The fraction of sp³-hybridized carbons (Fsp3) is 0.250. The van der Waals surface area contributed by atoms with E-state index in [-0.39, 0.29) is 30.7 Å². The number of hydrogen-bond acceptors (Lipinski definition) is 3. The van der Waals surface area contributed by atoms with Gasteiger partial charge in [-0.05, 0) is 30.5 Å². The summed E-state index contributed by atoms with van der Waals surface area (Å²) in [6.07, 6.45) is 4.27. The molecule has 1 unspecified atom stereocenters. The summed E-state index contributed by atoms with van der Waals surface area (Å²) >= 11 is 0. The van der Waals surface area contributed by atoms with E-state index in [1.54, 1.807) is 19.3 Å². The van der Waals surface area contributed by atoms with E-state index in [4.69, 9.17) is 5.73 Å². The first kappa shape index (κ1) is 20.4. The number of hydrogen-bond donors (Lipinski definition) is 2. The third-order valence-electron chi connectivity index (χ3n) is 3.27. The van der Waals surface area contributed by atoms with Crippen LogP contribution in [-0.2, 0) is 16.8 Å². The van der Waals surface area contributed by atoms with Crippen LogP contribution in [0.2, 0.25) is 0 Å². The molecule has 6 heteroatoms. The van der Waals surface area contributed by atoms with Crippen molar-refractivity contribution < 1.29 is 4.79 Å². The number of carbonyl (C=O) groups is 1. The minimum Gasteiger partial charge on any atom is -0.354 e. The van der Waals surface area contributed by atoms with Gasteiger partial charge in [0.2, 0.25) is 5.91 Å². The number of amides is 1. The molecule has 3 N–H and O–H groups in total. The second kappa shape index (κ2) is 9.41. The van der Waals surface area contributed by atoms with Crippen molar-refractivity contribution in [3.8, 4) is 0 Å². The van der Waals surface area contributed by atoms with E-state index in [1.807, 2.05) is 42.5 Å². The lowest BCUT2D eigenvalue weighted by atomic mass is 9.92. The highest BCUT2D eigenvalue weighted by molar-refractivity contribution is 5.87. The van der Waals surface area contributed by atoms with Crippen LogP contribution in [0, 0.1) is 0 Å². The molecule has 1 aromatic carbocycles. The first-order valence-corrected chi connectivity index (χ1v) is 6.62. The average molecular weight is 342 g/mol. The van der Waals surface area contributed by atoms with Gasteiger partial charge in [-0.25, -0.2) is 0 Å². The highest BCUT2D eigenvalue weighted by Gasteiger charge is 2.29. The summed E-state index contributed by atoms with van der Waals surface area (Å²) in [5, 5.41) is 2.88. The lowest BCUT2D eigenvalue weighted by Crippen LogP contribution is -2.49. The maximum atomic E-state index is 12.2. The van der Waals surface area contributed by atoms with Gasteiger partial charge in [-0.3, -0.25) is 9.78 Å². The summed E-state index contributed by atoms with van der Waals surface area (Å²) in [5.74, 6) is -0.174. The van der Waals surface area contributed by atoms with Crippen LogP contribution in [0.1, 0.15) is 18.1 Å². The maximum Gasteiger partial charge on any atom is 0.244 e. The van der Waals surface area contributed by atoms with Gasteiger partial charge in [0.1, 0.15) is 5.54 Å². The van der Waals surface area contributed by atoms with Crippen LogP contribution in [0.4, 0.5) is 0 Å². The van der Waals surface area contributed by atoms with Crippen molar-refractivity contribution in [2.75, 3.05) is 6.54 Å². The van der Waals surface area contributed by atoms with Crippen LogP contribution in [0.5, 0.6) is 0 Å². The summed E-state index contributed by atoms with van der Waals surface area (Å²) in [5.41, 5.74) is 7.01. The minimum absolute atomic E-state index is 0. The van der Waals surface area contributed by atoms with Gasteiger partial charge in [0.25, 0.3) is 0 Å². The van der Waals surface area contributed by atoms with E-state index in [1.165, 1.54) is 0 Å². The van der Waals surface area contributed by atoms with Crippen molar-refractivity contribution in [1.82, 2.24) is 10.3 Å². The van der Waals surface area contributed by atoms with Crippen molar-refractivity contribution >= 4 is 30.7 Å². The molecule has 0 spiro atoms. The first-order valence-electron chi connectivity index (χ1n) is 6.62. The van der Waals surface area contributed by atoms with E-state index in [9.17, 15) is 4.79 Å². The van der Waals surface area contributed by atoms with E-state index in [0.29, 0.717) is 6.54 Å². The molecule has 1 heterocycles. The molecule has 0 saturated carbocycles. The monoisotopic (exact) mass is 341 g/mol. The molecule has 0 aliphatic carbocycles. The number of aromatic nitrogens is 1. The van der Waals surface area contributed by atoms with Crippen molar-refractivity contribution in [1.29, 1.82) is 0 Å². The summed E-state index contributed by atoms with van der Waals surface area (Å²) in [6.45, 7) is 2.27. The molecule has 22 heavy (non-hydrogen) atoms. The topological polar surface area (TPSA) is 68.0 Å². The van der Waals surface area contributed by atoms with Gasteiger partial charge in [-0.15, -0.1) is 24.8 Å². The second-order valence-electron chi connectivity index (χ2n) is 4.94. The number of nitrogens with one attached hydrogen (secondary N) is 1. The largest absolute Gasteiger partial charge is 0.354 e. The molecule has 0 aliphatic heterocycles. The zero-order valence-electron chi connectivity index (χ0n) is 12.4. The number of carbonyl (C=O) groups excluding carboxylic acids is 1. The van der Waals surface area contributed by atoms with Crippen molar-refractivity contribution in [2.45, 2.75) is 18.9 Å². The van der Waals surface area contributed by atoms with Gasteiger partial charge in [0.05, 0.1) is 0 Å². The smallest absolute Gasteiger partial charge is 0.244 e. The number of nitrogens with two attached hydrogens (primary N) is 1. The Kier molecular flexibility index (Phi) is 8.72. The summed E-state index contributed by atoms with van der Waals surface area (Å²) in [4.78, 5) is 16.2. The Labute approximate surface area is 143 Å². The Bertz CT molecular complexity index is 562. The molecule has 0 radical (unpaired) electrons. The third kappa shape index (κ3) is 5.30. The number of nitrogens with zero attached hydrogens (tertiary/aromatic N) is 1. The van der Waals surface area contributed by atoms with Crippen molar-refractivity contribution in [2.24, 2.45) is 5.73 Å². The van der Waals surface area contributed by atoms with Gasteiger partial charge in [-0.1, -0.05) is 36.4 Å². The fourth-order valence-corrected chi connectivity index (χ4v) is 1.97. The lowest BCUT2D eigenvalue weighted by Gasteiger charge is -2.24. The Morgan fingerprint density at radius 2 is 1.86 bits per heavy atom. The Hall–Kier alpha value is -1.62. The number of halogens is 2. The van der Waals surface area contributed by atoms with Gasteiger partial charge >= 0.3 is 0 Å². The molecular formula is C16H21Cl2N3O. The average Bonchev–Trinajstić information content (AvgIpc) is 2.49. The predicted octanol–water partition coefficient (Wildman–Crippen LogP) is 2.46. The summed E-state index contributed by atoms with van der Waals surface area (Å²) in [6, 6.07) is 13.3. The molecule has 1 amide bonds. The van der Waals surface area contributed by atoms with E-state index in [0.717, 1.165) is 17.5 Å². The fourth-order valence-electron chi connectivity index (χ4n) is 1.97. The van der Waals surface area contributed by atoms with Crippen molar-refractivity contribution in [3.63, 3.8) is 0 Å². The van der Waals surface area contributed by atoms with E-state index in [2.05, 4.69) is 10.3 Å². The molecule has 1 atom stereocenters. The third-order valence-corrected chi connectivity index (χ3v) is 3.27. The first-order chi connectivity index (χ1) is 9.60. The molecular weight excluding hydrogens is 321 g/mol. The molecule has 0 aliphatic rings. The van der Waals surface area contributed by atoms with Crippen LogP contribution in [-0.4, -0.2) is 17.4 Å². The molecule has 0 saturated heterocycles. The highest BCUT2D eigenvalue weighted by atomic mass is 35.5. The molecule has 120 valence electrons. The number of rotatable bonds is 5. The van der Waals surface area contributed by atoms with Gasteiger partial charge in [0.15, 0.2) is 0 Å². The normalized spacial score (nSPS) is 12.3. The van der Waals surface area contributed by atoms with Gasteiger partial charge < -0.3 is 11.1 Å². The quantitative estimate of drug-likeness (QED) is 0.877. The molecule has 2 aromatic rings. The van der Waals surface area contributed by atoms with Crippen LogP contribution >= 0.6 is 24.8 Å². The zero-order valence-corrected chi connectivity index (χ0v) is 14.0. The number of benzene rings is 1. The van der Waals surface area contributed by atoms with Crippen LogP contribution < -0.4 is 11.1 Å². The van der Waals surface area contributed by atoms with E-state index < -0.39 is 5.54 Å². The number of pyridine rings is 1. The summed E-state index contributed by atoms with van der Waals surface area (Å²) in [7, 11) is 0. The maximum absolute atomic E-state index is 12.2. The Morgan fingerprint density at radius 3 is 2.45 bits per heavy atom. The van der Waals surface area contributed by atoms with E-state index >= 15 is 0 Å². The predicted molar refractivity (Wildman–Crippen MR) is 93.4 cm³/mol. The Balaban J connectivity index is 0.00000220. The van der Waals surface area contributed by atoms with Crippen LogP contribution in [0.3, 0.4) is 0 Å². The lowest BCUT2D eigenvalue weighted by molar-refractivity contribution is -0.126. The molecule has 4 nitrogen and oxygen atoms in total. The molecule has 0 fully saturated rings.